The van der Waals surface area contributed by atoms with Gasteiger partial charge >= 0.3 is 5.97 Å². The summed E-state index contributed by atoms with van der Waals surface area (Å²) in [6.45, 7) is -0.192. The second kappa shape index (κ2) is 7.30. The highest BCUT2D eigenvalue weighted by molar-refractivity contribution is 5.80. The molecule has 0 aromatic carbocycles. The first-order chi connectivity index (χ1) is 8.09. The van der Waals surface area contributed by atoms with Gasteiger partial charge in [-0.15, -0.1) is 0 Å². The van der Waals surface area contributed by atoms with Crippen molar-refractivity contribution in [2.75, 3.05) is 13.6 Å². The molecule has 98 valence electrons. The Morgan fingerprint density at radius 1 is 1.24 bits per heavy atom. The summed E-state index contributed by atoms with van der Waals surface area (Å²) in [4.78, 5) is 23.3. The number of carbonyl (C=O) groups is 2. The van der Waals surface area contributed by atoms with Crippen LogP contribution in [0, 0.1) is 5.92 Å². The number of nitrogens with zero attached hydrogens (tertiary/aromatic N) is 1. The van der Waals surface area contributed by atoms with Gasteiger partial charge in [0, 0.05) is 13.5 Å². The molecule has 0 spiro atoms. The molecule has 0 unspecified atom stereocenters. The van der Waals surface area contributed by atoms with E-state index in [-0.39, 0.29) is 12.5 Å². The van der Waals surface area contributed by atoms with Crippen molar-refractivity contribution in [2.24, 2.45) is 5.92 Å². The molecule has 0 saturated heterocycles. The van der Waals surface area contributed by atoms with Gasteiger partial charge in [-0.1, -0.05) is 32.1 Å². The molecule has 0 aromatic heterocycles. The lowest BCUT2D eigenvalue weighted by molar-refractivity contribution is -0.143. The lowest BCUT2D eigenvalue weighted by atomic mass is 9.86. The van der Waals surface area contributed by atoms with Crippen LogP contribution in [-0.4, -0.2) is 35.5 Å². The Balaban J connectivity index is 2.12. The normalized spacial score (nSPS) is 16.8. The third-order valence-electron chi connectivity index (χ3n) is 3.53. The van der Waals surface area contributed by atoms with Crippen molar-refractivity contribution < 1.29 is 14.7 Å². The molecule has 0 heterocycles. The molecule has 0 aliphatic heterocycles. The second-order valence-electron chi connectivity index (χ2n) is 5.04. The van der Waals surface area contributed by atoms with E-state index in [2.05, 4.69) is 0 Å². The lowest BCUT2D eigenvalue weighted by Crippen LogP contribution is -2.31. The number of aliphatic carboxylic acids is 1. The number of carbonyl (C=O) groups excluding carboxylic acids is 1. The van der Waals surface area contributed by atoms with Gasteiger partial charge in [0.15, 0.2) is 0 Å². The van der Waals surface area contributed by atoms with E-state index in [1.165, 1.54) is 37.0 Å². The Morgan fingerprint density at radius 3 is 2.47 bits per heavy atom. The molecule has 1 rings (SSSR count). The molecule has 0 bridgehead atoms. The minimum absolute atomic E-state index is 0.0526. The highest BCUT2D eigenvalue weighted by atomic mass is 16.4. The molecule has 1 saturated carbocycles. The second-order valence-corrected chi connectivity index (χ2v) is 5.04. The molecule has 0 atom stereocenters. The van der Waals surface area contributed by atoms with Crippen LogP contribution in [0.3, 0.4) is 0 Å². The Hall–Kier alpha value is -1.06. The average Bonchev–Trinajstić information content (AvgIpc) is 2.29. The number of hydrogen-bond acceptors (Lipinski definition) is 2. The average molecular weight is 241 g/mol. The van der Waals surface area contributed by atoms with Crippen LogP contribution in [0.4, 0.5) is 0 Å². The van der Waals surface area contributed by atoms with Crippen LogP contribution in [0.1, 0.15) is 51.4 Å². The van der Waals surface area contributed by atoms with E-state index in [0.717, 1.165) is 18.8 Å². The predicted molar refractivity (Wildman–Crippen MR) is 65.7 cm³/mol. The summed E-state index contributed by atoms with van der Waals surface area (Å²) in [6, 6.07) is 0. The third kappa shape index (κ3) is 5.71. The monoisotopic (exact) mass is 241 g/mol. The van der Waals surface area contributed by atoms with E-state index in [4.69, 9.17) is 5.11 Å². The van der Waals surface area contributed by atoms with Crippen LogP contribution >= 0.6 is 0 Å². The van der Waals surface area contributed by atoms with Crippen molar-refractivity contribution in [1.82, 2.24) is 4.90 Å². The van der Waals surface area contributed by atoms with Crippen LogP contribution in [0.25, 0.3) is 0 Å². The van der Waals surface area contributed by atoms with Gasteiger partial charge < -0.3 is 10.0 Å². The lowest BCUT2D eigenvalue weighted by Gasteiger charge is -2.21. The summed E-state index contributed by atoms with van der Waals surface area (Å²) in [5.74, 6) is -0.210. The number of hydrogen-bond donors (Lipinski definition) is 1. The SMILES string of the molecule is CN(CC(=O)O)C(=O)CCCC1CCCCC1. The highest BCUT2D eigenvalue weighted by Crippen LogP contribution is 2.27. The van der Waals surface area contributed by atoms with Crippen LogP contribution in [0.2, 0.25) is 0 Å². The van der Waals surface area contributed by atoms with Gasteiger partial charge in [-0.3, -0.25) is 9.59 Å². The summed E-state index contributed by atoms with van der Waals surface area (Å²) in [7, 11) is 1.55. The molecule has 4 heteroatoms. The van der Waals surface area contributed by atoms with Gasteiger partial charge in [0.25, 0.3) is 0 Å². The molecular formula is C13H23NO3. The maximum absolute atomic E-state index is 11.6. The smallest absolute Gasteiger partial charge is 0.323 e. The number of carboxylic acid groups (broad SMARTS) is 1. The number of amides is 1. The van der Waals surface area contributed by atoms with Gasteiger partial charge in [0.05, 0.1) is 0 Å². The van der Waals surface area contributed by atoms with Gasteiger partial charge in [-0.2, -0.15) is 0 Å². The summed E-state index contributed by atoms with van der Waals surface area (Å²) in [6.07, 6.45) is 9.13. The van der Waals surface area contributed by atoms with Crippen LogP contribution < -0.4 is 0 Å². The van der Waals surface area contributed by atoms with Crippen molar-refractivity contribution >= 4 is 11.9 Å². The van der Waals surface area contributed by atoms with Crippen molar-refractivity contribution in [1.29, 1.82) is 0 Å². The van der Waals surface area contributed by atoms with Gasteiger partial charge in [-0.05, 0) is 18.8 Å². The molecule has 1 aliphatic carbocycles. The summed E-state index contributed by atoms with van der Waals surface area (Å²) in [5, 5.41) is 8.57. The van der Waals surface area contributed by atoms with E-state index in [9.17, 15) is 9.59 Å². The third-order valence-corrected chi connectivity index (χ3v) is 3.53. The minimum atomic E-state index is -0.951. The largest absolute Gasteiger partial charge is 0.480 e. The van der Waals surface area contributed by atoms with Crippen molar-refractivity contribution in [3.8, 4) is 0 Å². The van der Waals surface area contributed by atoms with Crippen LogP contribution in [0.15, 0.2) is 0 Å². The summed E-state index contributed by atoms with van der Waals surface area (Å²) in [5.41, 5.74) is 0. The molecule has 17 heavy (non-hydrogen) atoms. The fourth-order valence-corrected chi connectivity index (χ4v) is 2.50. The van der Waals surface area contributed by atoms with E-state index in [1.54, 1.807) is 7.05 Å². The fourth-order valence-electron chi connectivity index (χ4n) is 2.50. The molecule has 1 N–H and O–H groups in total. The van der Waals surface area contributed by atoms with Gasteiger partial charge in [-0.25, -0.2) is 0 Å². The van der Waals surface area contributed by atoms with Crippen molar-refractivity contribution in [3.63, 3.8) is 0 Å². The van der Waals surface area contributed by atoms with Crippen molar-refractivity contribution in [3.05, 3.63) is 0 Å². The molecule has 4 nitrogen and oxygen atoms in total. The zero-order chi connectivity index (χ0) is 12.7. The first kappa shape index (κ1) is 14.0. The Morgan fingerprint density at radius 2 is 1.88 bits per heavy atom. The predicted octanol–water partition coefficient (Wildman–Crippen LogP) is 2.28. The fraction of sp³-hybridized carbons (Fsp3) is 0.846. The molecule has 1 fully saturated rings. The van der Waals surface area contributed by atoms with Crippen LogP contribution in [-0.2, 0) is 9.59 Å². The molecule has 1 aliphatic rings. The first-order valence-corrected chi connectivity index (χ1v) is 6.55. The highest BCUT2D eigenvalue weighted by Gasteiger charge is 2.15. The van der Waals surface area contributed by atoms with E-state index in [1.807, 2.05) is 0 Å². The quantitative estimate of drug-likeness (QED) is 0.776. The van der Waals surface area contributed by atoms with Gasteiger partial charge in [0.2, 0.25) is 5.91 Å². The van der Waals surface area contributed by atoms with Crippen molar-refractivity contribution in [2.45, 2.75) is 51.4 Å². The summed E-state index contributed by atoms with van der Waals surface area (Å²) >= 11 is 0. The molecule has 0 radical (unpaired) electrons. The first-order valence-electron chi connectivity index (χ1n) is 6.55. The zero-order valence-electron chi connectivity index (χ0n) is 10.7. The molecular weight excluding hydrogens is 218 g/mol. The topological polar surface area (TPSA) is 57.6 Å². The van der Waals surface area contributed by atoms with E-state index in [0.29, 0.717) is 6.42 Å². The standard InChI is InChI=1S/C13H23NO3/c1-14(10-13(16)17)12(15)9-5-8-11-6-3-2-4-7-11/h11H,2-10H2,1H3,(H,16,17). The van der Waals surface area contributed by atoms with E-state index >= 15 is 0 Å². The maximum Gasteiger partial charge on any atom is 0.323 e. The molecule has 0 aromatic rings. The minimum Gasteiger partial charge on any atom is -0.480 e. The zero-order valence-corrected chi connectivity index (χ0v) is 10.7. The number of carboxylic acids is 1. The Kier molecular flexibility index (Phi) is 6.01. The Bertz CT molecular complexity index is 259. The van der Waals surface area contributed by atoms with E-state index < -0.39 is 5.97 Å². The summed E-state index contributed by atoms with van der Waals surface area (Å²) < 4.78 is 0. The Labute approximate surface area is 103 Å². The van der Waals surface area contributed by atoms with Gasteiger partial charge in [0.1, 0.15) is 6.54 Å². The molecule has 1 amide bonds. The number of rotatable bonds is 6. The van der Waals surface area contributed by atoms with Crippen LogP contribution in [0.5, 0.6) is 0 Å². The maximum atomic E-state index is 11.6. The number of likely N-dealkylation sites (N-methyl/N-ethyl adjacent to an activating group) is 1.